The lowest BCUT2D eigenvalue weighted by Gasteiger charge is -2.30. The van der Waals surface area contributed by atoms with Crippen LogP contribution in [0.15, 0.2) is 76.3 Å². The summed E-state index contributed by atoms with van der Waals surface area (Å²) < 4.78 is 51.7. The zero-order chi connectivity index (χ0) is 27.7. The molecule has 0 N–H and O–H groups in total. The molecule has 2 aromatic heterocycles. The van der Waals surface area contributed by atoms with Crippen molar-refractivity contribution in [3.8, 4) is 11.6 Å². The maximum atomic E-state index is 13.5. The van der Waals surface area contributed by atoms with Crippen LogP contribution >= 0.6 is 0 Å². The Kier molecular flexibility index (Phi) is 6.89. The molecule has 2 aliphatic rings. The van der Waals surface area contributed by atoms with Gasteiger partial charge in [0.1, 0.15) is 6.04 Å². The number of ketones is 1. The molecule has 1 atom stereocenters. The van der Waals surface area contributed by atoms with Gasteiger partial charge in [0.2, 0.25) is 5.89 Å². The first-order chi connectivity index (χ1) is 19.4. The Morgan fingerprint density at radius 2 is 1.73 bits per heavy atom. The van der Waals surface area contributed by atoms with Gasteiger partial charge in [-0.3, -0.25) is 9.79 Å². The molecule has 8 nitrogen and oxygen atoms in total. The molecular weight excluding hydrogens is 523 g/mol. The maximum absolute atomic E-state index is 13.5. The van der Waals surface area contributed by atoms with Crippen molar-refractivity contribution < 1.29 is 27.1 Å². The lowest BCUT2D eigenvalue weighted by molar-refractivity contribution is -0.137. The van der Waals surface area contributed by atoms with E-state index in [0.717, 1.165) is 29.0 Å². The largest absolute Gasteiger partial charge is 0.419 e. The van der Waals surface area contributed by atoms with Crippen molar-refractivity contribution in [2.75, 3.05) is 31.2 Å². The molecule has 0 spiro atoms. The zero-order valence-electron chi connectivity index (χ0n) is 21.3. The predicted octanol–water partition coefficient (Wildman–Crippen LogP) is 4.56. The summed E-state index contributed by atoms with van der Waals surface area (Å²) in [5.41, 5.74) is 2.85. The van der Waals surface area contributed by atoms with Crippen LogP contribution in [-0.4, -0.2) is 59.0 Å². The average molecular weight is 548 g/mol. The Hall–Kier alpha value is -4.38. The topological polar surface area (TPSA) is 93.7 Å². The van der Waals surface area contributed by atoms with Gasteiger partial charge in [0, 0.05) is 36.8 Å². The second-order valence-electron chi connectivity index (χ2n) is 9.55. The van der Waals surface area contributed by atoms with E-state index in [9.17, 15) is 18.0 Å². The zero-order valence-corrected chi connectivity index (χ0v) is 21.3. The fourth-order valence-corrected chi connectivity index (χ4v) is 4.91. The number of anilines is 1. The number of benzene rings is 2. The molecule has 0 bridgehead atoms. The van der Waals surface area contributed by atoms with E-state index in [-0.39, 0.29) is 41.8 Å². The molecule has 0 radical (unpaired) electrons. The molecule has 2 aliphatic heterocycles. The van der Waals surface area contributed by atoms with Crippen molar-refractivity contribution in [3.05, 3.63) is 95.0 Å². The predicted molar refractivity (Wildman–Crippen MR) is 140 cm³/mol. The van der Waals surface area contributed by atoms with Crippen LogP contribution in [0.5, 0.6) is 0 Å². The van der Waals surface area contributed by atoms with Crippen LogP contribution in [0.2, 0.25) is 0 Å². The molecule has 0 amide bonds. The number of aromatic nitrogens is 3. The maximum Gasteiger partial charge on any atom is 0.417 e. The minimum atomic E-state index is -4.56. The van der Waals surface area contributed by atoms with Gasteiger partial charge >= 0.3 is 6.18 Å². The number of fused-ring (bicyclic) bond motifs is 1. The fourth-order valence-electron chi connectivity index (χ4n) is 4.91. The molecule has 1 fully saturated rings. The van der Waals surface area contributed by atoms with Crippen LogP contribution in [0.4, 0.5) is 18.9 Å². The monoisotopic (exact) mass is 547 g/mol. The minimum absolute atomic E-state index is 0.0261. The number of hydrogen-bond donors (Lipinski definition) is 0. The Morgan fingerprint density at radius 3 is 2.50 bits per heavy atom. The summed E-state index contributed by atoms with van der Waals surface area (Å²) in [6, 6.07) is 17.6. The molecule has 11 heteroatoms. The summed E-state index contributed by atoms with van der Waals surface area (Å²) in [6.07, 6.45) is -3.56. The van der Waals surface area contributed by atoms with E-state index in [1.807, 2.05) is 54.6 Å². The summed E-state index contributed by atoms with van der Waals surface area (Å²) in [7, 11) is 0. The second kappa shape index (κ2) is 10.6. The highest BCUT2D eigenvalue weighted by Gasteiger charge is 2.34. The van der Waals surface area contributed by atoms with E-state index < -0.39 is 17.8 Å². The van der Waals surface area contributed by atoms with Crippen molar-refractivity contribution >= 4 is 17.2 Å². The molecule has 204 valence electrons. The number of carbonyl (C=O) groups is 1. The number of aliphatic imine (C=N–C) groups is 1. The Balaban J connectivity index is 1.34. The van der Waals surface area contributed by atoms with E-state index in [2.05, 4.69) is 15.2 Å². The van der Waals surface area contributed by atoms with E-state index in [4.69, 9.17) is 14.1 Å². The summed E-state index contributed by atoms with van der Waals surface area (Å²) >= 11 is 0. The number of alkyl halides is 3. The summed E-state index contributed by atoms with van der Waals surface area (Å²) in [5.74, 6) is 0.0201. The third-order valence-electron chi connectivity index (χ3n) is 6.93. The smallest absolute Gasteiger partial charge is 0.417 e. The van der Waals surface area contributed by atoms with Crippen molar-refractivity contribution in [3.63, 3.8) is 0 Å². The number of pyridine rings is 1. The Labute approximate surface area is 227 Å². The number of morpholine rings is 1. The van der Waals surface area contributed by atoms with Crippen LogP contribution in [0.25, 0.3) is 11.6 Å². The third-order valence-corrected chi connectivity index (χ3v) is 6.93. The fraction of sp³-hybridized carbons (Fsp3) is 0.276. The minimum Gasteiger partial charge on any atom is -0.419 e. The number of ether oxygens (including phenoxy) is 1. The van der Waals surface area contributed by atoms with Gasteiger partial charge < -0.3 is 14.1 Å². The number of carbonyl (C=O) groups excluding carboxylic acids is 1. The molecule has 0 saturated carbocycles. The van der Waals surface area contributed by atoms with Gasteiger partial charge in [0.05, 0.1) is 36.6 Å². The average Bonchev–Trinajstić information content (AvgIpc) is 3.38. The summed E-state index contributed by atoms with van der Waals surface area (Å²) in [5, 5.41) is 8.20. The van der Waals surface area contributed by atoms with Gasteiger partial charge in [-0.25, -0.2) is 4.98 Å². The molecule has 4 heterocycles. The van der Waals surface area contributed by atoms with Crippen molar-refractivity contribution in [1.82, 2.24) is 15.2 Å². The quantitative estimate of drug-likeness (QED) is 0.362. The van der Waals surface area contributed by atoms with Gasteiger partial charge in [-0.2, -0.15) is 13.2 Å². The molecule has 2 aromatic carbocycles. The van der Waals surface area contributed by atoms with Crippen molar-refractivity contribution in [1.29, 1.82) is 0 Å². The number of halogens is 3. The Morgan fingerprint density at radius 1 is 0.975 bits per heavy atom. The summed E-state index contributed by atoms with van der Waals surface area (Å²) in [6.45, 7) is 1.54. The van der Waals surface area contributed by atoms with Crippen molar-refractivity contribution in [2.24, 2.45) is 4.99 Å². The molecular formula is C29H24F3N5O3. The third kappa shape index (κ3) is 5.24. The first kappa shape index (κ1) is 25.9. The van der Waals surface area contributed by atoms with E-state index >= 15 is 0 Å². The van der Waals surface area contributed by atoms with Gasteiger partial charge in [-0.05, 0) is 11.6 Å². The highest BCUT2D eigenvalue weighted by Crippen LogP contribution is 2.36. The van der Waals surface area contributed by atoms with E-state index in [1.165, 1.54) is 0 Å². The molecule has 40 heavy (non-hydrogen) atoms. The van der Waals surface area contributed by atoms with Gasteiger partial charge in [-0.15, -0.1) is 10.2 Å². The van der Waals surface area contributed by atoms with Gasteiger partial charge in [-0.1, -0.05) is 54.6 Å². The first-order valence-corrected chi connectivity index (χ1v) is 12.8. The van der Waals surface area contributed by atoms with E-state index in [0.29, 0.717) is 32.0 Å². The van der Waals surface area contributed by atoms with Crippen molar-refractivity contribution in [2.45, 2.75) is 25.1 Å². The molecule has 6 rings (SSSR count). The second-order valence-corrected chi connectivity index (χ2v) is 9.55. The number of hydrogen-bond acceptors (Lipinski definition) is 8. The number of nitrogens with zero attached hydrogens (tertiary/aromatic N) is 5. The molecule has 0 unspecified atom stereocenters. The van der Waals surface area contributed by atoms with Gasteiger partial charge in [0.15, 0.2) is 11.5 Å². The van der Waals surface area contributed by atoms with Crippen LogP contribution in [0.1, 0.15) is 28.1 Å². The normalized spacial score (nSPS) is 17.8. The Bertz CT molecular complexity index is 1560. The lowest BCUT2D eigenvalue weighted by Crippen LogP contribution is -2.36. The van der Waals surface area contributed by atoms with E-state index in [1.54, 1.807) is 4.90 Å². The van der Waals surface area contributed by atoms with Crippen LogP contribution in [-0.2, 0) is 28.5 Å². The molecule has 4 aromatic rings. The standard InChI is InChI=1S/C29H24F3N5O3/c30-29(31,32)20-15-23(37-10-12-39-13-11-37)27(33-17-20)28-36-35-25(40-28)16-22-24(38)14-19-8-4-5-9-21(19)26(34-22)18-6-2-1-3-7-18/h1-9,15,17,22H,10-14,16H2/t22-/m1/s1. The number of Topliss-reactive ketones (excluding diaryl/α,β-unsaturated/α-hetero) is 1. The first-order valence-electron chi connectivity index (χ1n) is 12.8. The highest BCUT2D eigenvalue weighted by atomic mass is 19.4. The van der Waals surface area contributed by atoms with Crippen LogP contribution in [0, 0.1) is 0 Å². The van der Waals surface area contributed by atoms with Crippen LogP contribution < -0.4 is 4.90 Å². The highest BCUT2D eigenvalue weighted by molar-refractivity contribution is 6.16. The lowest BCUT2D eigenvalue weighted by atomic mass is 9.95. The SMILES string of the molecule is O=C1Cc2ccccc2C(c2ccccc2)=N[C@@H]1Cc1nnc(-c2ncc(C(F)(F)F)cc2N2CCOCC2)o1. The number of rotatable bonds is 5. The summed E-state index contributed by atoms with van der Waals surface area (Å²) in [4.78, 5) is 24.0. The molecule has 1 saturated heterocycles. The van der Waals surface area contributed by atoms with Gasteiger partial charge in [0.25, 0.3) is 5.89 Å². The molecule has 0 aliphatic carbocycles. The van der Waals surface area contributed by atoms with Crippen LogP contribution in [0.3, 0.4) is 0 Å².